The van der Waals surface area contributed by atoms with Crippen LogP contribution in [0.2, 0.25) is 0 Å². The summed E-state index contributed by atoms with van der Waals surface area (Å²) in [4.78, 5) is 11.6. The highest BCUT2D eigenvalue weighted by Crippen LogP contribution is 2.28. The lowest BCUT2D eigenvalue weighted by Crippen LogP contribution is -2.34. The van der Waals surface area contributed by atoms with E-state index in [2.05, 4.69) is 30.5 Å². The number of ether oxygens (including phenoxy) is 1. The Kier molecular flexibility index (Phi) is 5.83. The third-order valence-electron chi connectivity index (χ3n) is 3.11. The van der Waals surface area contributed by atoms with Crippen LogP contribution in [-0.4, -0.2) is 26.6 Å². The highest BCUT2D eigenvalue weighted by Gasteiger charge is 2.14. The minimum atomic E-state index is -0.0722. The summed E-state index contributed by atoms with van der Waals surface area (Å²) >= 11 is 0. The van der Waals surface area contributed by atoms with Crippen LogP contribution in [0.25, 0.3) is 0 Å². The van der Waals surface area contributed by atoms with Crippen LogP contribution in [0.4, 0.5) is 0 Å². The quantitative estimate of drug-likeness (QED) is 0.828. The van der Waals surface area contributed by atoms with E-state index in [-0.39, 0.29) is 11.9 Å². The first-order valence-electron chi connectivity index (χ1n) is 6.61. The highest BCUT2D eigenvalue weighted by molar-refractivity contribution is 5.78. The number of benzene rings is 1. The van der Waals surface area contributed by atoms with Crippen LogP contribution < -0.4 is 15.4 Å². The summed E-state index contributed by atoms with van der Waals surface area (Å²) in [5, 5.41) is 5.77. The average molecular weight is 264 g/mol. The van der Waals surface area contributed by atoms with Crippen LogP contribution in [-0.2, 0) is 4.79 Å². The molecule has 4 heteroatoms. The van der Waals surface area contributed by atoms with Crippen LogP contribution >= 0.6 is 0 Å². The van der Waals surface area contributed by atoms with Gasteiger partial charge < -0.3 is 15.4 Å². The van der Waals surface area contributed by atoms with Gasteiger partial charge in [0.25, 0.3) is 0 Å². The largest absolute Gasteiger partial charge is 0.496 e. The summed E-state index contributed by atoms with van der Waals surface area (Å²) < 4.78 is 5.43. The van der Waals surface area contributed by atoms with Crippen LogP contribution in [0.15, 0.2) is 18.2 Å². The van der Waals surface area contributed by atoms with Crippen molar-refractivity contribution in [2.45, 2.75) is 32.7 Å². The zero-order valence-corrected chi connectivity index (χ0v) is 12.4. The second kappa shape index (κ2) is 7.14. The number of rotatable bonds is 6. The molecule has 2 N–H and O–H groups in total. The van der Waals surface area contributed by atoms with Gasteiger partial charge in [-0.05, 0) is 31.5 Å². The zero-order valence-electron chi connectivity index (χ0n) is 12.4. The molecule has 1 amide bonds. The van der Waals surface area contributed by atoms with Crippen molar-refractivity contribution < 1.29 is 9.53 Å². The fourth-order valence-corrected chi connectivity index (χ4v) is 1.98. The van der Waals surface area contributed by atoms with Gasteiger partial charge in [0.15, 0.2) is 0 Å². The Morgan fingerprint density at radius 1 is 1.32 bits per heavy atom. The molecule has 1 aromatic carbocycles. The predicted molar refractivity (Wildman–Crippen MR) is 77.6 cm³/mol. The fraction of sp³-hybridized carbons (Fsp3) is 0.533. The van der Waals surface area contributed by atoms with Crippen molar-refractivity contribution in [3.8, 4) is 5.75 Å². The van der Waals surface area contributed by atoms with Crippen molar-refractivity contribution in [3.05, 3.63) is 29.3 Å². The Bertz CT molecular complexity index is 430. The van der Waals surface area contributed by atoms with E-state index < -0.39 is 0 Å². The van der Waals surface area contributed by atoms with Crippen LogP contribution in [0.5, 0.6) is 5.75 Å². The molecule has 0 spiro atoms. The molecule has 1 unspecified atom stereocenters. The maximum absolute atomic E-state index is 11.6. The summed E-state index contributed by atoms with van der Waals surface area (Å²) in [6, 6.07) is 6.08. The fourth-order valence-electron chi connectivity index (χ4n) is 1.98. The van der Waals surface area contributed by atoms with Gasteiger partial charge in [0.1, 0.15) is 5.75 Å². The van der Waals surface area contributed by atoms with E-state index in [1.54, 1.807) is 14.2 Å². The predicted octanol–water partition coefficient (Wildman–Crippen LogP) is 2.22. The zero-order chi connectivity index (χ0) is 14.4. The molecule has 1 rings (SSSR count). The Labute approximate surface area is 115 Å². The van der Waals surface area contributed by atoms with E-state index in [1.807, 2.05) is 19.1 Å². The minimum Gasteiger partial charge on any atom is -0.496 e. The topological polar surface area (TPSA) is 50.4 Å². The number of nitrogens with one attached hydrogen (secondary N) is 2. The Morgan fingerprint density at radius 2 is 2.00 bits per heavy atom. The second-order valence-corrected chi connectivity index (χ2v) is 4.98. The standard InChI is InChI=1S/C15H24N2O2/c1-10(2)12-6-7-13(14(8-12)19-5)11(3)17-15(18)9-16-4/h6-8,10-11,16H,9H2,1-5H3,(H,17,18). The third kappa shape index (κ3) is 4.24. The van der Waals surface area contributed by atoms with Crippen molar-refractivity contribution in [2.24, 2.45) is 0 Å². The average Bonchev–Trinajstić information content (AvgIpc) is 2.37. The van der Waals surface area contributed by atoms with Gasteiger partial charge >= 0.3 is 0 Å². The summed E-state index contributed by atoms with van der Waals surface area (Å²) in [6.45, 7) is 6.57. The molecule has 0 saturated carbocycles. The maximum Gasteiger partial charge on any atom is 0.234 e. The molecule has 0 saturated heterocycles. The Balaban J connectivity index is 2.90. The van der Waals surface area contributed by atoms with E-state index in [4.69, 9.17) is 4.74 Å². The molecule has 0 aromatic heterocycles. The molecule has 1 atom stereocenters. The van der Waals surface area contributed by atoms with Crippen molar-refractivity contribution in [1.29, 1.82) is 0 Å². The van der Waals surface area contributed by atoms with Crippen molar-refractivity contribution in [1.82, 2.24) is 10.6 Å². The van der Waals surface area contributed by atoms with Crippen LogP contribution in [0, 0.1) is 0 Å². The number of amides is 1. The lowest BCUT2D eigenvalue weighted by molar-refractivity contribution is -0.120. The number of hydrogen-bond acceptors (Lipinski definition) is 3. The molecule has 0 aliphatic carbocycles. The number of hydrogen-bond donors (Lipinski definition) is 2. The van der Waals surface area contributed by atoms with E-state index in [1.165, 1.54) is 5.56 Å². The van der Waals surface area contributed by atoms with Gasteiger partial charge in [0.05, 0.1) is 19.7 Å². The maximum atomic E-state index is 11.6. The smallest absolute Gasteiger partial charge is 0.234 e. The molecular weight excluding hydrogens is 240 g/mol. The van der Waals surface area contributed by atoms with Gasteiger partial charge in [0, 0.05) is 5.56 Å². The van der Waals surface area contributed by atoms with Gasteiger partial charge in [-0.25, -0.2) is 0 Å². The molecule has 4 nitrogen and oxygen atoms in total. The molecule has 0 radical (unpaired) electrons. The molecule has 0 fully saturated rings. The van der Waals surface area contributed by atoms with Crippen molar-refractivity contribution in [2.75, 3.05) is 20.7 Å². The van der Waals surface area contributed by atoms with E-state index in [9.17, 15) is 4.79 Å². The first-order valence-corrected chi connectivity index (χ1v) is 6.61. The van der Waals surface area contributed by atoms with Crippen LogP contribution in [0.3, 0.4) is 0 Å². The van der Waals surface area contributed by atoms with E-state index in [0.29, 0.717) is 12.5 Å². The first-order chi connectivity index (χ1) is 8.99. The SMILES string of the molecule is CNCC(=O)NC(C)c1ccc(C(C)C)cc1OC. The Hall–Kier alpha value is -1.55. The molecule has 0 aliphatic heterocycles. The van der Waals surface area contributed by atoms with Crippen molar-refractivity contribution >= 4 is 5.91 Å². The molecule has 106 valence electrons. The second-order valence-electron chi connectivity index (χ2n) is 4.98. The van der Waals surface area contributed by atoms with Gasteiger partial charge in [-0.3, -0.25) is 4.79 Å². The van der Waals surface area contributed by atoms with Crippen LogP contribution in [0.1, 0.15) is 43.9 Å². The number of carbonyl (C=O) groups excluding carboxylic acids is 1. The Morgan fingerprint density at radius 3 is 2.53 bits per heavy atom. The summed E-state index contributed by atoms with van der Waals surface area (Å²) in [7, 11) is 3.41. The van der Waals surface area contributed by atoms with Gasteiger partial charge in [-0.15, -0.1) is 0 Å². The molecule has 19 heavy (non-hydrogen) atoms. The minimum absolute atomic E-state index is 0.0232. The molecule has 1 aromatic rings. The monoisotopic (exact) mass is 264 g/mol. The van der Waals surface area contributed by atoms with Gasteiger partial charge in [-0.1, -0.05) is 26.0 Å². The number of methoxy groups -OCH3 is 1. The van der Waals surface area contributed by atoms with E-state index >= 15 is 0 Å². The summed E-state index contributed by atoms with van der Waals surface area (Å²) in [5.74, 6) is 1.26. The number of carbonyl (C=O) groups is 1. The van der Waals surface area contributed by atoms with Gasteiger partial charge in [0.2, 0.25) is 5.91 Å². The third-order valence-corrected chi connectivity index (χ3v) is 3.11. The number of likely N-dealkylation sites (N-methyl/N-ethyl adjacent to an activating group) is 1. The molecule has 0 heterocycles. The van der Waals surface area contributed by atoms with Gasteiger partial charge in [-0.2, -0.15) is 0 Å². The normalized spacial score (nSPS) is 12.3. The van der Waals surface area contributed by atoms with Crippen molar-refractivity contribution in [3.63, 3.8) is 0 Å². The molecule has 0 aliphatic rings. The lowest BCUT2D eigenvalue weighted by atomic mass is 9.98. The first kappa shape index (κ1) is 15.5. The molecule has 0 bridgehead atoms. The highest BCUT2D eigenvalue weighted by atomic mass is 16.5. The summed E-state index contributed by atoms with van der Waals surface area (Å²) in [5.41, 5.74) is 2.23. The van der Waals surface area contributed by atoms with E-state index in [0.717, 1.165) is 11.3 Å². The molecular formula is C15H24N2O2. The summed E-state index contributed by atoms with van der Waals surface area (Å²) in [6.07, 6.45) is 0. The lowest BCUT2D eigenvalue weighted by Gasteiger charge is -2.19.